The lowest BCUT2D eigenvalue weighted by Gasteiger charge is -2.39. The van der Waals surface area contributed by atoms with Gasteiger partial charge in [-0.15, -0.1) is 0 Å². The zero-order valence-electron chi connectivity index (χ0n) is 28.8. The van der Waals surface area contributed by atoms with Gasteiger partial charge in [-0.3, -0.25) is 0 Å². The third kappa shape index (κ3) is 10.3. The number of benzene rings is 2. The van der Waals surface area contributed by atoms with Crippen molar-refractivity contribution in [2.45, 2.75) is 83.8 Å². The van der Waals surface area contributed by atoms with Gasteiger partial charge in [0.2, 0.25) is 0 Å². The topological polar surface area (TPSA) is 112 Å². The molecule has 2 aromatic rings. The smallest absolute Gasteiger partial charge is 0.335 e. The van der Waals surface area contributed by atoms with Crippen LogP contribution in [0, 0.1) is 17.8 Å². The molecule has 8 heteroatoms. The van der Waals surface area contributed by atoms with Crippen LogP contribution in [-0.4, -0.2) is 68.1 Å². The highest BCUT2D eigenvalue weighted by Gasteiger charge is 2.36. The Morgan fingerprint density at radius 3 is 1.92 bits per heavy atom. The van der Waals surface area contributed by atoms with Crippen molar-refractivity contribution in [3.05, 3.63) is 83.5 Å². The second-order valence-corrected chi connectivity index (χ2v) is 13.3. The minimum absolute atomic E-state index is 0.0788. The molecule has 2 fully saturated rings. The lowest BCUT2D eigenvalue weighted by molar-refractivity contribution is -0.243. The largest absolute Gasteiger partial charge is 0.462 e. The lowest BCUT2D eigenvalue weighted by atomic mass is 9.74. The summed E-state index contributed by atoms with van der Waals surface area (Å²) < 4.78 is 22.8. The average Bonchev–Trinajstić information content (AvgIpc) is 3.14. The molecule has 2 N–H and O–H groups in total. The molecule has 0 atom stereocenters. The number of aliphatic hydroxyl groups is 2. The van der Waals surface area contributed by atoms with E-state index in [0.29, 0.717) is 25.0 Å². The van der Waals surface area contributed by atoms with Gasteiger partial charge in [-0.1, -0.05) is 82.3 Å². The fourth-order valence-electron chi connectivity index (χ4n) is 6.80. The Bertz CT molecular complexity index is 1320. The van der Waals surface area contributed by atoms with Crippen LogP contribution in [0.2, 0.25) is 0 Å². The number of aryl methyl sites for hydroxylation is 2. The van der Waals surface area contributed by atoms with Crippen LogP contribution >= 0.6 is 0 Å². The molecule has 262 valence electrons. The van der Waals surface area contributed by atoms with Gasteiger partial charge in [0.15, 0.2) is 6.29 Å². The van der Waals surface area contributed by atoms with Crippen LogP contribution in [0.15, 0.2) is 66.8 Å². The number of aliphatic hydroxyl groups excluding tert-OH is 2. The fraction of sp³-hybridized carbons (Fsp3) is 0.550. The number of hydrogen-bond donors (Lipinski definition) is 2. The van der Waals surface area contributed by atoms with Crippen LogP contribution in [0.25, 0.3) is 11.1 Å². The van der Waals surface area contributed by atoms with Gasteiger partial charge in [0.25, 0.3) is 0 Å². The Kier molecular flexibility index (Phi) is 14.9. The van der Waals surface area contributed by atoms with Gasteiger partial charge in [0.1, 0.15) is 13.2 Å². The minimum Gasteiger partial charge on any atom is -0.462 e. The number of ether oxygens (including phenoxy) is 4. The first-order chi connectivity index (χ1) is 23.3. The van der Waals surface area contributed by atoms with Gasteiger partial charge in [-0.2, -0.15) is 0 Å². The highest BCUT2D eigenvalue weighted by Crippen LogP contribution is 2.40. The zero-order chi connectivity index (χ0) is 34.5. The summed E-state index contributed by atoms with van der Waals surface area (Å²) >= 11 is 0. The van der Waals surface area contributed by atoms with Crippen molar-refractivity contribution in [2.24, 2.45) is 17.8 Å². The molecule has 1 saturated carbocycles. The van der Waals surface area contributed by atoms with Gasteiger partial charge >= 0.3 is 11.9 Å². The standard InChI is InChI=1S/C40H54O8/c1-5-7-8-9-30-18-19-35(20-29(30)6-2)33-14-10-31(11-15-33)32-12-16-34(17-13-32)36-23-47-40(48-24-36)37(25-45-38(43)27(3)21-41)26-46-39(44)28(4)22-42/h10-11,14-15,18-20,32,34,36-37,40-42H,3-9,12-13,16-17,21-26H2,1-2H3. The summed E-state index contributed by atoms with van der Waals surface area (Å²) in [6, 6.07) is 16.2. The molecular weight excluding hydrogens is 608 g/mol. The van der Waals surface area contributed by atoms with Crippen LogP contribution in [0.1, 0.15) is 81.4 Å². The average molecular weight is 663 g/mol. The van der Waals surface area contributed by atoms with Gasteiger partial charge in [0.05, 0.1) is 43.5 Å². The summed E-state index contributed by atoms with van der Waals surface area (Å²) in [5.41, 5.74) is 6.76. The molecule has 4 rings (SSSR count). The van der Waals surface area contributed by atoms with E-state index in [2.05, 4.69) is 69.5 Å². The number of esters is 2. The summed E-state index contributed by atoms with van der Waals surface area (Å²) in [7, 11) is 0. The van der Waals surface area contributed by atoms with E-state index < -0.39 is 37.4 Å². The van der Waals surface area contributed by atoms with Crippen LogP contribution in [0.5, 0.6) is 0 Å². The molecule has 2 aromatic carbocycles. The Labute approximate surface area is 286 Å². The van der Waals surface area contributed by atoms with Gasteiger partial charge in [-0.05, 0) is 84.6 Å². The van der Waals surface area contributed by atoms with Crippen molar-refractivity contribution in [3.8, 4) is 11.1 Å². The first-order valence-corrected chi connectivity index (χ1v) is 17.6. The summed E-state index contributed by atoms with van der Waals surface area (Å²) in [4.78, 5) is 24.2. The molecule has 1 heterocycles. The first kappa shape index (κ1) is 37.5. The predicted molar refractivity (Wildman–Crippen MR) is 186 cm³/mol. The number of carbonyl (C=O) groups excluding carboxylic acids is 2. The molecular formula is C40H54O8. The molecule has 0 aromatic heterocycles. The molecule has 0 radical (unpaired) electrons. The maximum atomic E-state index is 12.1. The summed E-state index contributed by atoms with van der Waals surface area (Å²) in [6.07, 6.45) is 9.70. The quantitative estimate of drug-likeness (QED) is 0.109. The normalized spacial score (nSPS) is 21.1. The van der Waals surface area contributed by atoms with E-state index in [1.165, 1.54) is 53.5 Å². The molecule has 0 unspecified atom stereocenters. The van der Waals surface area contributed by atoms with E-state index in [4.69, 9.17) is 29.2 Å². The molecule has 1 aliphatic heterocycles. The molecule has 1 aliphatic carbocycles. The minimum atomic E-state index is -0.744. The van der Waals surface area contributed by atoms with Gasteiger partial charge < -0.3 is 29.2 Å². The zero-order valence-corrected chi connectivity index (χ0v) is 28.8. The van der Waals surface area contributed by atoms with Gasteiger partial charge in [0, 0.05) is 5.92 Å². The fourth-order valence-corrected chi connectivity index (χ4v) is 6.80. The Hall–Kier alpha value is -3.30. The van der Waals surface area contributed by atoms with Crippen molar-refractivity contribution in [3.63, 3.8) is 0 Å². The van der Waals surface area contributed by atoms with Crippen molar-refractivity contribution < 1.29 is 38.7 Å². The van der Waals surface area contributed by atoms with E-state index >= 15 is 0 Å². The number of hydrogen-bond acceptors (Lipinski definition) is 8. The molecule has 8 nitrogen and oxygen atoms in total. The number of carbonyl (C=O) groups is 2. The lowest BCUT2D eigenvalue weighted by Crippen LogP contribution is -2.43. The van der Waals surface area contributed by atoms with Crippen molar-refractivity contribution in [1.82, 2.24) is 0 Å². The van der Waals surface area contributed by atoms with Crippen molar-refractivity contribution in [2.75, 3.05) is 39.6 Å². The highest BCUT2D eigenvalue weighted by molar-refractivity contribution is 5.88. The number of unbranched alkanes of at least 4 members (excludes halogenated alkanes) is 2. The molecule has 1 saturated heterocycles. The third-order valence-corrected chi connectivity index (χ3v) is 9.94. The SMILES string of the molecule is C=C(CO)C(=O)OCC(COC(=O)C(=C)CO)C1OCC(C2CCC(c3ccc(-c4ccc(CCCCC)c(CC)c4)cc3)CC2)CO1. The maximum absolute atomic E-state index is 12.1. The van der Waals surface area contributed by atoms with E-state index in [1.54, 1.807) is 0 Å². The van der Waals surface area contributed by atoms with E-state index in [1.807, 2.05) is 0 Å². The Morgan fingerprint density at radius 1 is 0.792 bits per heavy atom. The van der Waals surface area contributed by atoms with Crippen molar-refractivity contribution >= 4 is 11.9 Å². The molecule has 2 aliphatic rings. The van der Waals surface area contributed by atoms with Gasteiger partial charge in [-0.25, -0.2) is 9.59 Å². The second kappa shape index (κ2) is 19.0. The molecule has 0 amide bonds. The predicted octanol–water partition coefficient (Wildman–Crippen LogP) is 6.71. The first-order valence-electron chi connectivity index (χ1n) is 17.6. The van der Waals surface area contributed by atoms with Crippen LogP contribution < -0.4 is 0 Å². The Morgan fingerprint density at radius 2 is 1.38 bits per heavy atom. The van der Waals surface area contributed by atoms with E-state index in [-0.39, 0.29) is 30.3 Å². The van der Waals surface area contributed by atoms with E-state index in [0.717, 1.165) is 32.1 Å². The van der Waals surface area contributed by atoms with Crippen LogP contribution in [0.3, 0.4) is 0 Å². The second-order valence-electron chi connectivity index (χ2n) is 13.3. The summed E-state index contributed by atoms with van der Waals surface area (Å²) in [5, 5.41) is 18.3. The van der Waals surface area contributed by atoms with Crippen molar-refractivity contribution in [1.29, 1.82) is 0 Å². The van der Waals surface area contributed by atoms with E-state index in [9.17, 15) is 9.59 Å². The summed E-state index contributed by atoms with van der Waals surface area (Å²) in [5.74, 6) is -0.821. The van der Waals surface area contributed by atoms with Crippen LogP contribution in [-0.2, 0) is 41.4 Å². The molecule has 48 heavy (non-hydrogen) atoms. The highest BCUT2D eigenvalue weighted by atomic mass is 16.7. The summed E-state index contributed by atoms with van der Waals surface area (Å²) in [6.45, 7) is 11.1. The maximum Gasteiger partial charge on any atom is 0.335 e. The van der Waals surface area contributed by atoms with Crippen LogP contribution in [0.4, 0.5) is 0 Å². The molecule has 0 spiro atoms. The number of rotatable bonds is 17. The monoisotopic (exact) mass is 662 g/mol. The third-order valence-electron chi connectivity index (χ3n) is 9.94. The Balaban J connectivity index is 1.27. The molecule has 0 bridgehead atoms.